The maximum absolute atomic E-state index is 13.1. The van der Waals surface area contributed by atoms with Crippen molar-refractivity contribution >= 4 is 5.78 Å². The van der Waals surface area contributed by atoms with Crippen LogP contribution in [0.5, 0.6) is 0 Å². The number of Topliss-reactive ketones (excluding diaryl/α,β-unsaturated/α-hetero) is 1. The zero-order chi connectivity index (χ0) is 14.8. The van der Waals surface area contributed by atoms with E-state index in [1.165, 1.54) is 12.1 Å². The lowest BCUT2D eigenvalue weighted by atomic mass is 9.67. The molecule has 1 aromatic carbocycles. The van der Waals surface area contributed by atoms with Crippen molar-refractivity contribution < 1.29 is 9.18 Å². The van der Waals surface area contributed by atoms with Gasteiger partial charge in [-0.15, -0.1) is 0 Å². The van der Waals surface area contributed by atoms with Crippen LogP contribution in [-0.4, -0.2) is 12.3 Å². The van der Waals surface area contributed by atoms with Gasteiger partial charge >= 0.3 is 0 Å². The van der Waals surface area contributed by atoms with Crippen molar-refractivity contribution in [3.05, 3.63) is 35.1 Å². The summed E-state index contributed by atoms with van der Waals surface area (Å²) in [5, 5.41) is 0. The number of hydrogen-bond donors (Lipinski definition) is 1. The van der Waals surface area contributed by atoms with Crippen molar-refractivity contribution in [3.63, 3.8) is 0 Å². The Morgan fingerprint density at radius 1 is 1.40 bits per heavy atom. The van der Waals surface area contributed by atoms with E-state index < -0.39 is 0 Å². The van der Waals surface area contributed by atoms with E-state index in [-0.39, 0.29) is 17.0 Å². The van der Waals surface area contributed by atoms with Crippen molar-refractivity contribution in [3.8, 4) is 0 Å². The van der Waals surface area contributed by atoms with Crippen LogP contribution in [0.15, 0.2) is 18.2 Å². The zero-order valence-electron chi connectivity index (χ0n) is 12.4. The van der Waals surface area contributed by atoms with Gasteiger partial charge in [0.2, 0.25) is 0 Å². The van der Waals surface area contributed by atoms with E-state index in [9.17, 15) is 9.18 Å². The fourth-order valence-electron chi connectivity index (χ4n) is 3.13. The molecule has 0 radical (unpaired) electrons. The zero-order valence-corrected chi connectivity index (χ0v) is 12.4. The van der Waals surface area contributed by atoms with Crippen LogP contribution in [0.2, 0.25) is 0 Å². The molecule has 0 unspecified atom stereocenters. The van der Waals surface area contributed by atoms with E-state index in [0.29, 0.717) is 18.9 Å². The molecule has 0 bridgehead atoms. The molecule has 1 aromatic rings. The monoisotopic (exact) mass is 277 g/mol. The first-order chi connectivity index (χ1) is 9.47. The summed E-state index contributed by atoms with van der Waals surface area (Å²) in [5.41, 5.74) is 7.33. The third kappa shape index (κ3) is 3.09. The Balaban J connectivity index is 2.13. The van der Waals surface area contributed by atoms with Crippen LogP contribution < -0.4 is 5.73 Å². The van der Waals surface area contributed by atoms with Gasteiger partial charge in [0.05, 0.1) is 0 Å². The van der Waals surface area contributed by atoms with Gasteiger partial charge in [-0.05, 0) is 61.8 Å². The minimum Gasteiger partial charge on any atom is -0.329 e. The minimum atomic E-state index is -0.354. The summed E-state index contributed by atoms with van der Waals surface area (Å²) < 4.78 is 13.1. The summed E-state index contributed by atoms with van der Waals surface area (Å²) in [5.74, 6) is 0.662. The fourth-order valence-corrected chi connectivity index (χ4v) is 3.13. The Labute approximate surface area is 120 Å². The van der Waals surface area contributed by atoms with Gasteiger partial charge < -0.3 is 5.73 Å². The van der Waals surface area contributed by atoms with Crippen molar-refractivity contribution in [2.45, 2.75) is 46.0 Å². The number of halogens is 1. The molecule has 0 atom stereocenters. The predicted octanol–water partition coefficient (Wildman–Crippen LogP) is 3.40. The molecule has 20 heavy (non-hydrogen) atoms. The second-order valence-corrected chi connectivity index (χ2v) is 6.34. The molecular weight excluding hydrogens is 253 g/mol. The number of rotatable bonds is 4. The van der Waals surface area contributed by atoms with Gasteiger partial charge in [0.25, 0.3) is 0 Å². The topological polar surface area (TPSA) is 43.1 Å². The minimum absolute atomic E-state index is 0.224. The molecule has 2 rings (SSSR count). The second kappa shape index (κ2) is 6.04. The lowest BCUT2D eigenvalue weighted by molar-refractivity contribution is -0.129. The van der Waals surface area contributed by atoms with Crippen LogP contribution in [0.4, 0.5) is 4.39 Å². The molecule has 1 aliphatic carbocycles. The first kappa shape index (κ1) is 15.2. The average Bonchev–Trinajstić information content (AvgIpc) is 2.43. The van der Waals surface area contributed by atoms with Gasteiger partial charge in [-0.3, -0.25) is 4.79 Å². The summed E-state index contributed by atoms with van der Waals surface area (Å²) >= 11 is 0. The number of benzene rings is 1. The standard InChI is InChI=1S/C17H24FNO/c1-12-5-7-17(11-19,8-6-12)16(20)10-14-3-4-15(18)9-13(14)2/h3-4,9,12H,5-8,10-11,19H2,1-2H3. The first-order valence-electron chi connectivity index (χ1n) is 7.45. The molecule has 2 N–H and O–H groups in total. The number of carbonyl (C=O) groups is 1. The smallest absolute Gasteiger partial charge is 0.144 e. The molecular formula is C17H24FNO. The van der Waals surface area contributed by atoms with Crippen molar-refractivity contribution in [1.82, 2.24) is 0 Å². The molecule has 0 spiro atoms. The quantitative estimate of drug-likeness (QED) is 0.916. The fraction of sp³-hybridized carbons (Fsp3) is 0.588. The van der Waals surface area contributed by atoms with E-state index in [1.807, 2.05) is 6.92 Å². The second-order valence-electron chi connectivity index (χ2n) is 6.34. The molecule has 0 amide bonds. The van der Waals surface area contributed by atoms with Crippen molar-refractivity contribution in [1.29, 1.82) is 0 Å². The van der Waals surface area contributed by atoms with Crippen LogP contribution in [-0.2, 0) is 11.2 Å². The molecule has 0 heterocycles. The lowest BCUT2D eigenvalue weighted by Gasteiger charge is -2.37. The summed E-state index contributed by atoms with van der Waals surface area (Å²) in [6, 6.07) is 4.63. The van der Waals surface area contributed by atoms with Crippen molar-refractivity contribution in [2.24, 2.45) is 17.1 Å². The van der Waals surface area contributed by atoms with Crippen LogP contribution >= 0.6 is 0 Å². The number of nitrogens with two attached hydrogens (primary N) is 1. The highest BCUT2D eigenvalue weighted by molar-refractivity contribution is 5.87. The number of hydrogen-bond acceptors (Lipinski definition) is 2. The highest BCUT2D eigenvalue weighted by atomic mass is 19.1. The molecule has 0 aromatic heterocycles. The number of aryl methyl sites for hydroxylation is 1. The van der Waals surface area contributed by atoms with Gasteiger partial charge in [0.1, 0.15) is 11.6 Å². The molecule has 1 fully saturated rings. The maximum atomic E-state index is 13.1. The third-order valence-corrected chi connectivity index (χ3v) is 4.87. The lowest BCUT2D eigenvalue weighted by Crippen LogP contribution is -2.42. The normalized spacial score (nSPS) is 26.5. The van der Waals surface area contributed by atoms with Crippen LogP contribution in [0.3, 0.4) is 0 Å². The molecule has 2 nitrogen and oxygen atoms in total. The van der Waals surface area contributed by atoms with Gasteiger partial charge in [0, 0.05) is 18.4 Å². The van der Waals surface area contributed by atoms with Gasteiger partial charge in [-0.2, -0.15) is 0 Å². The molecule has 1 aliphatic rings. The van der Waals surface area contributed by atoms with Gasteiger partial charge in [0.15, 0.2) is 0 Å². The first-order valence-corrected chi connectivity index (χ1v) is 7.45. The maximum Gasteiger partial charge on any atom is 0.144 e. The third-order valence-electron chi connectivity index (χ3n) is 4.87. The Morgan fingerprint density at radius 2 is 2.05 bits per heavy atom. The van der Waals surface area contributed by atoms with E-state index in [2.05, 4.69) is 6.92 Å². The van der Waals surface area contributed by atoms with E-state index in [4.69, 9.17) is 5.73 Å². The highest BCUT2D eigenvalue weighted by Crippen LogP contribution is 2.39. The van der Waals surface area contributed by atoms with E-state index in [0.717, 1.165) is 36.8 Å². The van der Waals surface area contributed by atoms with E-state index >= 15 is 0 Å². The summed E-state index contributed by atoms with van der Waals surface area (Å²) in [6.07, 6.45) is 4.31. The summed E-state index contributed by atoms with van der Waals surface area (Å²) in [6.45, 7) is 4.51. The SMILES string of the molecule is Cc1cc(F)ccc1CC(=O)C1(CN)CCC(C)CC1. The molecule has 0 saturated heterocycles. The van der Waals surface area contributed by atoms with Crippen LogP contribution in [0.1, 0.15) is 43.7 Å². The van der Waals surface area contributed by atoms with Gasteiger partial charge in [-0.25, -0.2) is 4.39 Å². The van der Waals surface area contributed by atoms with Crippen LogP contribution in [0.25, 0.3) is 0 Å². The Hall–Kier alpha value is -1.22. The summed E-state index contributed by atoms with van der Waals surface area (Å²) in [7, 11) is 0. The highest BCUT2D eigenvalue weighted by Gasteiger charge is 2.39. The Kier molecular flexibility index (Phi) is 4.59. The number of carbonyl (C=O) groups excluding carboxylic acids is 1. The van der Waals surface area contributed by atoms with Gasteiger partial charge in [-0.1, -0.05) is 13.0 Å². The molecule has 0 aliphatic heterocycles. The predicted molar refractivity (Wildman–Crippen MR) is 79.0 cm³/mol. The number of ketones is 1. The molecule has 110 valence electrons. The average molecular weight is 277 g/mol. The molecule has 3 heteroatoms. The van der Waals surface area contributed by atoms with Crippen LogP contribution in [0, 0.1) is 24.1 Å². The largest absolute Gasteiger partial charge is 0.329 e. The Bertz CT molecular complexity index is 490. The summed E-state index contributed by atoms with van der Waals surface area (Å²) in [4.78, 5) is 12.7. The van der Waals surface area contributed by atoms with E-state index in [1.54, 1.807) is 6.07 Å². The molecule has 1 saturated carbocycles. The van der Waals surface area contributed by atoms with Crippen molar-refractivity contribution in [2.75, 3.05) is 6.54 Å². The Morgan fingerprint density at radius 3 is 2.60 bits per heavy atom.